The zero-order valence-electron chi connectivity index (χ0n) is 18.1. The molecule has 0 aliphatic carbocycles. The highest BCUT2D eigenvalue weighted by Gasteiger charge is 2.23. The molecule has 1 nitrogen and oxygen atoms in total. The molecule has 4 rings (SSSR count). The zero-order chi connectivity index (χ0) is 20.6. The van der Waals surface area contributed by atoms with E-state index in [2.05, 4.69) is 107 Å². The molecule has 0 aromatic heterocycles. The third-order valence-corrected chi connectivity index (χ3v) is 6.08. The van der Waals surface area contributed by atoms with Crippen LogP contribution in [-0.4, -0.2) is 0 Å². The summed E-state index contributed by atoms with van der Waals surface area (Å²) in [6, 6.07) is 26.4. The van der Waals surface area contributed by atoms with Crippen LogP contribution in [-0.2, 0) is 5.60 Å². The Balaban J connectivity index is 1.65. The van der Waals surface area contributed by atoms with E-state index in [4.69, 9.17) is 4.74 Å². The molecule has 1 atom stereocenters. The maximum Gasteiger partial charge on any atom is 0.128 e. The Labute approximate surface area is 174 Å². The highest BCUT2D eigenvalue weighted by molar-refractivity contribution is 5.98. The van der Waals surface area contributed by atoms with Gasteiger partial charge in [0.25, 0.3) is 0 Å². The lowest BCUT2D eigenvalue weighted by Crippen LogP contribution is -2.25. The van der Waals surface area contributed by atoms with Gasteiger partial charge in [-0.05, 0) is 96.1 Å². The normalized spacial score (nSPS) is 13.0. The van der Waals surface area contributed by atoms with Crippen molar-refractivity contribution in [3.05, 3.63) is 89.5 Å². The lowest BCUT2D eigenvalue weighted by atomic mass is 9.93. The minimum atomic E-state index is -0.408. The van der Waals surface area contributed by atoms with Crippen molar-refractivity contribution in [2.24, 2.45) is 0 Å². The van der Waals surface area contributed by atoms with Gasteiger partial charge in [0.1, 0.15) is 11.4 Å². The lowest BCUT2D eigenvalue weighted by Gasteiger charge is -2.28. The molecule has 0 bridgehead atoms. The molecule has 0 aliphatic rings. The van der Waals surface area contributed by atoms with Crippen LogP contribution in [0.4, 0.5) is 0 Å². The first kappa shape index (κ1) is 19.5. The van der Waals surface area contributed by atoms with Gasteiger partial charge in [0.15, 0.2) is 0 Å². The molecule has 0 saturated heterocycles. The first-order chi connectivity index (χ1) is 13.9. The lowest BCUT2D eigenvalue weighted by molar-refractivity contribution is 0.109. The van der Waals surface area contributed by atoms with E-state index in [1.165, 1.54) is 38.2 Å². The first-order valence-electron chi connectivity index (χ1n) is 10.6. The smallest absolute Gasteiger partial charge is 0.128 e. The van der Waals surface area contributed by atoms with Gasteiger partial charge in [-0.15, -0.1) is 0 Å². The fourth-order valence-corrected chi connectivity index (χ4v) is 3.95. The van der Waals surface area contributed by atoms with Crippen LogP contribution in [0.2, 0.25) is 0 Å². The van der Waals surface area contributed by atoms with E-state index in [0.717, 1.165) is 12.2 Å². The summed E-state index contributed by atoms with van der Waals surface area (Å²) in [5.41, 5.74) is 3.43. The quantitative estimate of drug-likeness (QED) is 0.317. The molecule has 29 heavy (non-hydrogen) atoms. The third kappa shape index (κ3) is 4.00. The van der Waals surface area contributed by atoms with Crippen molar-refractivity contribution >= 4 is 21.5 Å². The highest BCUT2D eigenvalue weighted by Crippen LogP contribution is 2.32. The second-order valence-corrected chi connectivity index (χ2v) is 8.76. The second kappa shape index (κ2) is 7.55. The third-order valence-electron chi connectivity index (χ3n) is 6.08. The van der Waals surface area contributed by atoms with Crippen LogP contribution in [0.15, 0.2) is 72.8 Å². The Bertz CT molecular complexity index is 1150. The van der Waals surface area contributed by atoms with Crippen molar-refractivity contribution in [3.63, 3.8) is 0 Å². The number of hydrogen-bond donors (Lipinski definition) is 0. The molecule has 0 N–H and O–H groups in total. The van der Waals surface area contributed by atoms with E-state index in [1.807, 2.05) is 0 Å². The maximum absolute atomic E-state index is 6.41. The van der Waals surface area contributed by atoms with Gasteiger partial charge in [-0.25, -0.2) is 0 Å². The standard InChI is InChI=1S/C28H30O/c1-6-20(3)21-10-13-27(14-11-21)29-28(4,5)26-12-9-23-16-24-15-19(2)7-8-22(24)17-25(23)18-26/h7-18,20H,6H2,1-5H3. The molecule has 4 aromatic rings. The Morgan fingerprint density at radius 3 is 2.03 bits per heavy atom. The van der Waals surface area contributed by atoms with Gasteiger partial charge in [0.05, 0.1) is 0 Å². The highest BCUT2D eigenvalue weighted by atomic mass is 16.5. The summed E-state index contributed by atoms with van der Waals surface area (Å²) < 4.78 is 6.41. The summed E-state index contributed by atoms with van der Waals surface area (Å²) in [5.74, 6) is 1.49. The summed E-state index contributed by atoms with van der Waals surface area (Å²) in [4.78, 5) is 0. The van der Waals surface area contributed by atoms with E-state index in [-0.39, 0.29) is 0 Å². The van der Waals surface area contributed by atoms with Gasteiger partial charge in [0.2, 0.25) is 0 Å². The summed E-state index contributed by atoms with van der Waals surface area (Å²) in [7, 11) is 0. The van der Waals surface area contributed by atoms with Gasteiger partial charge in [-0.1, -0.05) is 61.9 Å². The van der Waals surface area contributed by atoms with Crippen molar-refractivity contribution < 1.29 is 4.74 Å². The number of aryl methyl sites for hydroxylation is 1. The Kier molecular flexibility index (Phi) is 5.08. The molecule has 0 saturated carbocycles. The number of rotatable bonds is 5. The Hall–Kier alpha value is -2.80. The van der Waals surface area contributed by atoms with Crippen LogP contribution in [0.1, 0.15) is 56.7 Å². The van der Waals surface area contributed by atoms with Crippen molar-refractivity contribution in [2.75, 3.05) is 0 Å². The summed E-state index contributed by atoms with van der Waals surface area (Å²) >= 11 is 0. The molecule has 0 radical (unpaired) electrons. The van der Waals surface area contributed by atoms with Crippen molar-refractivity contribution in [1.82, 2.24) is 0 Å². The average Bonchev–Trinajstić information content (AvgIpc) is 2.71. The van der Waals surface area contributed by atoms with Gasteiger partial charge >= 0.3 is 0 Å². The maximum atomic E-state index is 6.41. The summed E-state index contributed by atoms with van der Waals surface area (Å²) in [6.07, 6.45) is 1.15. The van der Waals surface area contributed by atoms with E-state index >= 15 is 0 Å². The summed E-state index contributed by atoms with van der Waals surface area (Å²) in [6.45, 7) is 10.9. The SMILES string of the molecule is CCC(C)c1ccc(OC(C)(C)c2ccc3cc4cc(C)ccc4cc3c2)cc1. The molecule has 1 unspecified atom stereocenters. The molecule has 0 heterocycles. The summed E-state index contributed by atoms with van der Waals surface area (Å²) in [5, 5.41) is 5.09. The van der Waals surface area contributed by atoms with E-state index in [1.54, 1.807) is 0 Å². The van der Waals surface area contributed by atoms with Gasteiger partial charge < -0.3 is 4.74 Å². The van der Waals surface area contributed by atoms with Crippen molar-refractivity contribution in [2.45, 2.75) is 52.6 Å². The Morgan fingerprint density at radius 2 is 1.38 bits per heavy atom. The van der Waals surface area contributed by atoms with Crippen molar-refractivity contribution in [1.29, 1.82) is 0 Å². The molecular weight excluding hydrogens is 352 g/mol. The molecule has 0 aliphatic heterocycles. The minimum Gasteiger partial charge on any atom is -0.483 e. The second-order valence-electron chi connectivity index (χ2n) is 8.76. The monoisotopic (exact) mass is 382 g/mol. The topological polar surface area (TPSA) is 9.23 Å². The van der Waals surface area contributed by atoms with Crippen LogP contribution < -0.4 is 4.74 Å². The number of benzene rings is 4. The predicted molar refractivity (Wildman–Crippen MR) is 125 cm³/mol. The van der Waals surface area contributed by atoms with Crippen LogP contribution in [0.5, 0.6) is 5.75 Å². The largest absolute Gasteiger partial charge is 0.483 e. The minimum absolute atomic E-state index is 0.408. The average molecular weight is 383 g/mol. The molecule has 148 valence electrons. The van der Waals surface area contributed by atoms with Gasteiger partial charge in [0, 0.05) is 0 Å². The molecule has 4 aromatic carbocycles. The van der Waals surface area contributed by atoms with Crippen molar-refractivity contribution in [3.8, 4) is 5.75 Å². The van der Waals surface area contributed by atoms with Gasteiger partial charge in [-0.2, -0.15) is 0 Å². The Morgan fingerprint density at radius 1 is 0.759 bits per heavy atom. The zero-order valence-corrected chi connectivity index (χ0v) is 18.1. The van der Waals surface area contributed by atoms with Crippen LogP contribution in [0.3, 0.4) is 0 Å². The van der Waals surface area contributed by atoms with Crippen LogP contribution in [0.25, 0.3) is 21.5 Å². The molecule has 1 heteroatoms. The molecule has 0 spiro atoms. The molecule has 0 amide bonds. The molecular formula is C28H30O. The number of hydrogen-bond acceptors (Lipinski definition) is 1. The number of fused-ring (bicyclic) bond motifs is 2. The fourth-order valence-electron chi connectivity index (χ4n) is 3.95. The van der Waals surface area contributed by atoms with Crippen LogP contribution >= 0.6 is 0 Å². The molecule has 0 fully saturated rings. The van der Waals surface area contributed by atoms with E-state index in [9.17, 15) is 0 Å². The van der Waals surface area contributed by atoms with E-state index in [0.29, 0.717) is 5.92 Å². The predicted octanol–water partition coefficient (Wildman–Crippen LogP) is 8.13. The fraction of sp³-hybridized carbons (Fsp3) is 0.286. The van der Waals surface area contributed by atoms with Crippen LogP contribution in [0, 0.1) is 6.92 Å². The van der Waals surface area contributed by atoms with E-state index < -0.39 is 5.60 Å². The van der Waals surface area contributed by atoms with Gasteiger partial charge in [-0.3, -0.25) is 0 Å². The number of ether oxygens (including phenoxy) is 1. The first-order valence-corrected chi connectivity index (χ1v) is 10.6.